The lowest BCUT2D eigenvalue weighted by molar-refractivity contribution is 0.242. The second-order valence-electron chi connectivity index (χ2n) is 4.89. The Morgan fingerprint density at radius 2 is 1.50 bits per heavy atom. The van der Waals surface area contributed by atoms with E-state index >= 15 is 0 Å². The van der Waals surface area contributed by atoms with E-state index in [1.54, 1.807) is 12.1 Å². The van der Waals surface area contributed by atoms with Gasteiger partial charge in [-0.2, -0.15) is 0 Å². The van der Waals surface area contributed by atoms with Crippen LogP contribution in [0, 0.1) is 0 Å². The predicted octanol–water partition coefficient (Wildman–Crippen LogP) is 4.83. The third-order valence-corrected chi connectivity index (χ3v) is 3.65. The zero-order valence-electron chi connectivity index (χ0n) is 11.4. The molecule has 0 aliphatic rings. The summed E-state index contributed by atoms with van der Waals surface area (Å²) in [6.07, 6.45) is 0.157. The Hall–Kier alpha value is -1.22. The zero-order valence-corrected chi connectivity index (χ0v) is 12.9. The summed E-state index contributed by atoms with van der Waals surface area (Å²) in [7, 11) is 0. The Morgan fingerprint density at radius 1 is 0.900 bits per heavy atom. The SMILES string of the molecule is CC(C)Oc1ccc(C(N)c2ccc(Cl)c(Cl)c2)cc1. The highest BCUT2D eigenvalue weighted by Gasteiger charge is 2.11. The molecule has 0 heterocycles. The van der Waals surface area contributed by atoms with Gasteiger partial charge in [-0.05, 0) is 49.2 Å². The first-order valence-electron chi connectivity index (χ1n) is 6.44. The highest BCUT2D eigenvalue weighted by atomic mass is 35.5. The Labute approximate surface area is 129 Å². The van der Waals surface area contributed by atoms with Gasteiger partial charge in [-0.25, -0.2) is 0 Å². The van der Waals surface area contributed by atoms with Crippen LogP contribution in [-0.2, 0) is 0 Å². The van der Waals surface area contributed by atoms with Crippen molar-refractivity contribution in [3.8, 4) is 5.75 Å². The molecule has 0 fully saturated rings. The predicted molar refractivity (Wildman–Crippen MR) is 84.7 cm³/mol. The van der Waals surface area contributed by atoms with E-state index in [9.17, 15) is 0 Å². The second-order valence-corrected chi connectivity index (χ2v) is 5.70. The number of ether oxygens (including phenoxy) is 1. The fourth-order valence-corrected chi connectivity index (χ4v) is 2.23. The largest absolute Gasteiger partial charge is 0.491 e. The van der Waals surface area contributed by atoms with Crippen LogP contribution in [0.5, 0.6) is 5.75 Å². The molecule has 2 aromatic carbocycles. The van der Waals surface area contributed by atoms with Crippen LogP contribution in [-0.4, -0.2) is 6.10 Å². The van der Waals surface area contributed by atoms with Crippen LogP contribution in [0.15, 0.2) is 42.5 Å². The first-order valence-corrected chi connectivity index (χ1v) is 7.20. The van der Waals surface area contributed by atoms with Crippen LogP contribution in [0.25, 0.3) is 0 Å². The van der Waals surface area contributed by atoms with E-state index in [-0.39, 0.29) is 12.1 Å². The van der Waals surface area contributed by atoms with Crippen molar-refractivity contribution in [3.05, 3.63) is 63.6 Å². The van der Waals surface area contributed by atoms with Crippen LogP contribution in [0.4, 0.5) is 0 Å². The molecule has 0 aromatic heterocycles. The normalized spacial score (nSPS) is 12.5. The first-order chi connectivity index (χ1) is 9.47. The third kappa shape index (κ3) is 3.66. The van der Waals surface area contributed by atoms with Crippen LogP contribution >= 0.6 is 23.2 Å². The van der Waals surface area contributed by atoms with Gasteiger partial charge in [-0.3, -0.25) is 0 Å². The number of rotatable bonds is 4. The van der Waals surface area contributed by atoms with Crippen molar-refractivity contribution in [3.63, 3.8) is 0 Å². The zero-order chi connectivity index (χ0) is 14.7. The topological polar surface area (TPSA) is 35.2 Å². The Kier molecular flexibility index (Phi) is 4.92. The van der Waals surface area contributed by atoms with Gasteiger partial charge in [-0.1, -0.05) is 41.4 Å². The van der Waals surface area contributed by atoms with Gasteiger partial charge < -0.3 is 10.5 Å². The Morgan fingerprint density at radius 3 is 2.05 bits per heavy atom. The highest BCUT2D eigenvalue weighted by Crippen LogP contribution is 2.28. The minimum atomic E-state index is -0.238. The van der Waals surface area contributed by atoms with E-state index in [4.69, 9.17) is 33.7 Å². The molecule has 0 amide bonds. The second kappa shape index (κ2) is 6.49. The number of hydrogen-bond acceptors (Lipinski definition) is 2. The Balaban J connectivity index is 2.20. The first kappa shape index (κ1) is 15.2. The minimum Gasteiger partial charge on any atom is -0.491 e. The number of halogens is 2. The summed E-state index contributed by atoms with van der Waals surface area (Å²) in [6.45, 7) is 3.99. The van der Waals surface area contributed by atoms with Gasteiger partial charge in [0, 0.05) is 0 Å². The molecule has 106 valence electrons. The summed E-state index contributed by atoms with van der Waals surface area (Å²) in [5.41, 5.74) is 8.17. The van der Waals surface area contributed by atoms with Crippen molar-refractivity contribution in [2.24, 2.45) is 5.73 Å². The van der Waals surface area contributed by atoms with Gasteiger partial charge in [0.05, 0.1) is 22.2 Å². The lowest BCUT2D eigenvalue weighted by atomic mass is 10.00. The van der Waals surface area contributed by atoms with Crippen molar-refractivity contribution >= 4 is 23.2 Å². The quantitative estimate of drug-likeness (QED) is 0.878. The molecule has 20 heavy (non-hydrogen) atoms. The van der Waals surface area contributed by atoms with Gasteiger partial charge in [0.2, 0.25) is 0 Å². The van der Waals surface area contributed by atoms with Crippen molar-refractivity contribution in [1.82, 2.24) is 0 Å². The van der Waals surface area contributed by atoms with Gasteiger partial charge in [0.1, 0.15) is 5.75 Å². The number of nitrogens with two attached hydrogens (primary N) is 1. The molecular formula is C16H17Cl2NO. The van der Waals surface area contributed by atoms with Crippen LogP contribution < -0.4 is 10.5 Å². The van der Waals surface area contributed by atoms with E-state index in [0.29, 0.717) is 10.0 Å². The summed E-state index contributed by atoms with van der Waals surface area (Å²) < 4.78 is 5.61. The molecule has 0 saturated heterocycles. The molecule has 0 bridgehead atoms. The maximum atomic E-state index is 6.24. The van der Waals surface area contributed by atoms with Crippen molar-refractivity contribution in [2.45, 2.75) is 26.0 Å². The number of benzene rings is 2. The van der Waals surface area contributed by atoms with E-state index in [1.165, 1.54) is 0 Å². The lowest BCUT2D eigenvalue weighted by Gasteiger charge is -2.15. The van der Waals surface area contributed by atoms with Crippen LogP contribution in [0.3, 0.4) is 0 Å². The lowest BCUT2D eigenvalue weighted by Crippen LogP contribution is -2.12. The molecule has 1 atom stereocenters. The van der Waals surface area contributed by atoms with Crippen molar-refractivity contribution in [2.75, 3.05) is 0 Å². The fraction of sp³-hybridized carbons (Fsp3) is 0.250. The summed E-state index contributed by atoms with van der Waals surface area (Å²) in [5.74, 6) is 0.838. The third-order valence-electron chi connectivity index (χ3n) is 2.91. The van der Waals surface area contributed by atoms with Crippen molar-refractivity contribution in [1.29, 1.82) is 0 Å². The molecular weight excluding hydrogens is 293 g/mol. The molecule has 2 N–H and O–H groups in total. The monoisotopic (exact) mass is 309 g/mol. The van der Waals surface area contributed by atoms with E-state index < -0.39 is 0 Å². The summed E-state index contributed by atoms with van der Waals surface area (Å²) in [4.78, 5) is 0. The average Bonchev–Trinajstić information content (AvgIpc) is 2.41. The molecule has 2 aromatic rings. The molecule has 0 saturated carbocycles. The van der Waals surface area contributed by atoms with Gasteiger partial charge in [-0.15, -0.1) is 0 Å². The van der Waals surface area contributed by atoms with E-state index in [1.807, 2.05) is 44.2 Å². The Bertz CT molecular complexity index is 582. The van der Waals surface area contributed by atoms with Gasteiger partial charge in [0.15, 0.2) is 0 Å². The molecule has 0 radical (unpaired) electrons. The van der Waals surface area contributed by atoms with Gasteiger partial charge >= 0.3 is 0 Å². The minimum absolute atomic E-state index is 0.157. The molecule has 2 rings (SSSR count). The van der Waals surface area contributed by atoms with Crippen LogP contribution in [0.1, 0.15) is 31.0 Å². The molecule has 0 spiro atoms. The summed E-state index contributed by atoms with van der Waals surface area (Å²) in [6, 6.07) is 13.0. The van der Waals surface area contributed by atoms with E-state index in [0.717, 1.165) is 16.9 Å². The van der Waals surface area contributed by atoms with Crippen molar-refractivity contribution < 1.29 is 4.74 Å². The number of hydrogen-bond donors (Lipinski definition) is 1. The average molecular weight is 310 g/mol. The standard InChI is InChI=1S/C16H17Cl2NO/c1-10(2)20-13-6-3-11(4-7-13)16(19)12-5-8-14(17)15(18)9-12/h3-10,16H,19H2,1-2H3. The molecule has 4 heteroatoms. The smallest absolute Gasteiger partial charge is 0.119 e. The maximum absolute atomic E-state index is 6.24. The van der Waals surface area contributed by atoms with Gasteiger partial charge in [0.25, 0.3) is 0 Å². The van der Waals surface area contributed by atoms with E-state index in [2.05, 4.69) is 0 Å². The molecule has 2 nitrogen and oxygen atoms in total. The summed E-state index contributed by atoms with van der Waals surface area (Å²) >= 11 is 11.9. The molecule has 0 aliphatic heterocycles. The van der Waals surface area contributed by atoms with Crippen LogP contribution in [0.2, 0.25) is 10.0 Å². The summed E-state index contributed by atoms with van der Waals surface area (Å²) in [5, 5.41) is 1.04. The molecule has 1 unspecified atom stereocenters. The fourth-order valence-electron chi connectivity index (χ4n) is 1.92. The highest BCUT2D eigenvalue weighted by molar-refractivity contribution is 6.42. The molecule has 0 aliphatic carbocycles. The maximum Gasteiger partial charge on any atom is 0.119 e.